The van der Waals surface area contributed by atoms with Gasteiger partial charge < -0.3 is 0 Å². The largest absolute Gasteiger partial charge is 0.306 e. The maximum atomic E-state index is 15.5. The van der Waals surface area contributed by atoms with Crippen LogP contribution in [0.15, 0.2) is 30.3 Å². The van der Waals surface area contributed by atoms with Crippen molar-refractivity contribution in [3.63, 3.8) is 0 Å². The summed E-state index contributed by atoms with van der Waals surface area (Å²) in [5, 5.41) is 0. The minimum atomic E-state index is -5.01. The van der Waals surface area contributed by atoms with E-state index in [1.807, 2.05) is 0 Å². The van der Waals surface area contributed by atoms with E-state index < -0.39 is 132 Å². The van der Waals surface area contributed by atoms with Crippen molar-refractivity contribution >= 4 is 5.83 Å². The molecule has 0 unspecified atom stereocenters. The van der Waals surface area contributed by atoms with Gasteiger partial charge in [0.05, 0.1) is 5.41 Å². The Kier molecular flexibility index (Phi) is 8.41. The number of benzene rings is 4. The van der Waals surface area contributed by atoms with Gasteiger partial charge in [0.25, 0.3) is 0 Å². The second-order valence-corrected chi connectivity index (χ2v) is 8.74. The van der Waals surface area contributed by atoms with Crippen LogP contribution in [0.3, 0.4) is 0 Å². The first kappa shape index (κ1) is 33.3. The Morgan fingerprint density at radius 3 is 0.778 bits per heavy atom. The average molecular weight is 670 g/mol. The van der Waals surface area contributed by atoms with Gasteiger partial charge >= 0.3 is 6.08 Å². The zero-order valence-electron chi connectivity index (χ0n) is 20.6. The Balaban J connectivity index is 2.52. The fourth-order valence-electron chi connectivity index (χ4n) is 4.59. The molecule has 0 amide bonds. The van der Waals surface area contributed by atoms with Crippen molar-refractivity contribution in [2.75, 3.05) is 0 Å². The lowest BCUT2D eigenvalue weighted by molar-refractivity contribution is 0.330. The monoisotopic (exact) mass is 670 g/mol. The standard InChI is InChI=1S/C27H4F18/c28-10(26(44)45)5-1-3-6(4-2-5)27(7-11(29)17(35)23(41)18(36)12(7)30,8-13(31)19(37)24(42)20(38)14(8)32)9-15(33)21(39)25(43)22(40)16(9)34/h1-4H. The van der Waals surface area contributed by atoms with Gasteiger partial charge in [-0.3, -0.25) is 0 Å². The van der Waals surface area contributed by atoms with Crippen LogP contribution < -0.4 is 0 Å². The van der Waals surface area contributed by atoms with Gasteiger partial charge in [0, 0.05) is 22.3 Å². The van der Waals surface area contributed by atoms with Crippen LogP contribution in [-0.2, 0) is 5.41 Å². The first-order valence-electron chi connectivity index (χ1n) is 11.2. The van der Waals surface area contributed by atoms with E-state index in [9.17, 15) is 52.7 Å². The highest BCUT2D eigenvalue weighted by Crippen LogP contribution is 2.53. The Labute approximate surface area is 236 Å². The van der Waals surface area contributed by atoms with Crippen LogP contribution in [-0.4, -0.2) is 0 Å². The van der Waals surface area contributed by atoms with Gasteiger partial charge in [-0.15, -0.1) is 0 Å². The number of hydrogen-bond donors (Lipinski definition) is 0. The zero-order chi connectivity index (χ0) is 34.0. The first-order valence-corrected chi connectivity index (χ1v) is 11.2. The lowest BCUT2D eigenvalue weighted by Gasteiger charge is -2.38. The van der Waals surface area contributed by atoms with Crippen molar-refractivity contribution in [3.05, 3.63) is 145 Å². The molecule has 0 saturated carbocycles. The average Bonchev–Trinajstić information content (AvgIpc) is 3.02. The van der Waals surface area contributed by atoms with Gasteiger partial charge in [0.15, 0.2) is 75.6 Å². The molecule has 4 rings (SSSR count). The lowest BCUT2D eigenvalue weighted by Crippen LogP contribution is -2.40. The summed E-state index contributed by atoms with van der Waals surface area (Å²) in [6.07, 6.45) is -3.09. The molecule has 4 aromatic carbocycles. The van der Waals surface area contributed by atoms with Gasteiger partial charge in [-0.2, -0.15) is 8.78 Å². The summed E-state index contributed by atoms with van der Waals surface area (Å²) in [4.78, 5) is 0. The van der Waals surface area contributed by atoms with Gasteiger partial charge in [0.2, 0.25) is 17.5 Å². The molecule has 238 valence electrons. The molecule has 0 N–H and O–H groups in total. The van der Waals surface area contributed by atoms with Gasteiger partial charge in [-0.1, -0.05) is 24.3 Å². The van der Waals surface area contributed by atoms with E-state index in [0.29, 0.717) is 0 Å². The molecule has 0 heterocycles. The summed E-state index contributed by atoms with van der Waals surface area (Å²) in [6, 6.07) is -0.260. The molecule has 4 aromatic rings. The Morgan fingerprint density at radius 2 is 0.556 bits per heavy atom. The minimum Gasteiger partial charge on any atom is -0.203 e. The van der Waals surface area contributed by atoms with Crippen LogP contribution in [0.25, 0.3) is 5.83 Å². The quantitative estimate of drug-likeness (QED) is 0.0859. The van der Waals surface area contributed by atoms with E-state index in [1.54, 1.807) is 0 Å². The predicted octanol–water partition coefficient (Wildman–Crippen LogP) is 9.69. The van der Waals surface area contributed by atoms with Crippen molar-refractivity contribution in [3.8, 4) is 0 Å². The van der Waals surface area contributed by atoms with E-state index in [1.165, 1.54) is 0 Å². The number of hydrogen-bond acceptors (Lipinski definition) is 0. The zero-order valence-corrected chi connectivity index (χ0v) is 20.6. The summed E-state index contributed by atoms with van der Waals surface area (Å²) < 4.78 is 261. The van der Waals surface area contributed by atoms with Gasteiger partial charge in [-0.25, -0.2) is 70.2 Å². The topological polar surface area (TPSA) is 0 Å². The second kappa shape index (κ2) is 11.4. The summed E-state index contributed by atoms with van der Waals surface area (Å²) in [5.74, 6) is -50.8. The molecule has 0 aliphatic carbocycles. The molecule has 18 heteroatoms. The van der Waals surface area contributed by atoms with Crippen LogP contribution in [0.2, 0.25) is 0 Å². The Morgan fingerprint density at radius 1 is 0.333 bits per heavy atom. The van der Waals surface area contributed by atoms with E-state index in [0.717, 1.165) is 0 Å². The highest BCUT2D eigenvalue weighted by molar-refractivity contribution is 5.65. The molecule has 0 radical (unpaired) electrons. The molecule has 0 aliphatic heterocycles. The third kappa shape index (κ3) is 4.59. The summed E-state index contributed by atoms with van der Waals surface area (Å²) in [6.45, 7) is 0. The van der Waals surface area contributed by atoms with Crippen LogP contribution in [0, 0.1) is 87.3 Å². The lowest BCUT2D eigenvalue weighted by atomic mass is 9.63. The maximum absolute atomic E-state index is 15.5. The summed E-state index contributed by atoms with van der Waals surface area (Å²) in [5.41, 5.74) is -17.1. The highest BCUT2D eigenvalue weighted by Gasteiger charge is 2.54. The molecular formula is C27H4F18. The molecule has 0 saturated heterocycles. The van der Waals surface area contributed by atoms with Crippen LogP contribution in [0.5, 0.6) is 0 Å². The molecule has 0 fully saturated rings. The molecule has 0 nitrogen and oxygen atoms in total. The summed E-state index contributed by atoms with van der Waals surface area (Å²) in [7, 11) is 0. The second-order valence-electron chi connectivity index (χ2n) is 8.74. The Hall–Kier alpha value is -4.64. The van der Waals surface area contributed by atoms with Crippen LogP contribution in [0.4, 0.5) is 79.0 Å². The number of rotatable bonds is 5. The fourth-order valence-corrected chi connectivity index (χ4v) is 4.59. The summed E-state index contributed by atoms with van der Waals surface area (Å²) >= 11 is 0. The van der Waals surface area contributed by atoms with E-state index in [-0.39, 0.29) is 24.3 Å². The van der Waals surface area contributed by atoms with Crippen molar-refractivity contribution in [2.45, 2.75) is 5.41 Å². The minimum absolute atomic E-state index is 0.00270. The predicted molar refractivity (Wildman–Crippen MR) is 114 cm³/mol. The third-order valence-corrected chi connectivity index (χ3v) is 6.49. The molecule has 0 aliphatic rings. The SMILES string of the molecule is FC(F)=C(F)c1ccc(C(c2c(F)c(F)c(F)c(F)c2F)(c2c(F)c(F)c(F)c(F)c2F)c2c(F)c(F)c(F)c(F)c2F)cc1. The van der Waals surface area contributed by atoms with E-state index in [2.05, 4.69) is 0 Å². The molecule has 0 spiro atoms. The van der Waals surface area contributed by atoms with Gasteiger partial charge in [0.1, 0.15) is 0 Å². The molecule has 0 atom stereocenters. The first-order chi connectivity index (χ1) is 20.8. The van der Waals surface area contributed by atoms with E-state index in [4.69, 9.17) is 0 Å². The van der Waals surface area contributed by atoms with Crippen LogP contribution >= 0.6 is 0 Å². The Bertz CT molecular complexity index is 1670. The molecule has 0 aromatic heterocycles. The smallest absolute Gasteiger partial charge is 0.203 e. The van der Waals surface area contributed by atoms with E-state index >= 15 is 26.3 Å². The molecule has 0 bridgehead atoms. The highest BCUT2D eigenvalue weighted by atomic mass is 19.3. The third-order valence-electron chi connectivity index (χ3n) is 6.49. The van der Waals surface area contributed by atoms with Crippen molar-refractivity contribution < 1.29 is 79.0 Å². The normalized spacial score (nSPS) is 11.8. The van der Waals surface area contributed by atoms with Gasteiger partial charge in [-0.05, 0) is 5.56 Å². The van der Waals surface area contributed by atoms with Crippen molar-refractivity contribution in [1.82, 2.24) is 0 Å². The number of halogens is 18. The molecular weight excluding hydrogens is 666 g/mol. The molecule has 45 heavy (non-hydrogen) atoms. The van der Waals surface area contributed by atoms with Crippen molar-refractivity contribution in [1.29, 1.82) is 0 Å². The van der Waals surface area contributed by atoms with Crippen LogP contribution in [0.1, 0.15) is 27.8 Å². The van der Waals surface area contributed by atoms with Crippen molar-refractivity contribution in [2.24, 2.45) is 0 Å². The maximum Gasteiger partial charge on any atom is 0.306 e. The fraction of sp³-hybridized carbons (Fsp3) is 0.0370.